The fourth-order valence-corrected chi connectivity index (χ4v) is 5.79. The predicted octanol–water partition coefficient (Wildman–Crippen LogP) is 6.22. The van der Waals surface area contributed by atoms with Crippen molar-refractivity contribution in [2.24, 2.45) is 5.92 Å². The van der Waals surface area contributed by atoms with Crippen molar-refractivity contribution in [2.75, 3.05) is 20.2 Å². The van der Waals surface area contributed by atoms with Crippen LogP contribution in [0.2, 0.25) is 0 Å². The lowest BCUT2D eigenvalue weighted by atomic mass is 9.72. The standard InChI is InChI=1S/C32H41NO6/c1-21(2)8-7-16-32(4)27-13-11-22(3)38-30(27)26-19-24(12-14-28(26)39-32)31(36)33(20-29(34)35)17-15-23-9-6-10-25(18-23)37-5/h6,8-10,12,14,18-19,22,27,30H,7,11,13,15-17,20H2,1-5H3,(H,34,35)/t22-,27-,30+,32-/m1/s1. The van der Waals surface area contributed by atoms with Crippen LogP contribution in [0.1, 0.15) is 81.0 Å². The van der Waals surface area contributed by atoms with Gasteiger partial charge in [0.05, 0.1) is 19.3 Å². The number of fused-ring (bicyclic) bond motifs is 3. The Balaban J connectivity index is 1.59. The molecule has 1 saturated heterocycles. The van der Waals surface area contributed by atoms with E-state index >= 15 is 0 Å². The monoisotopic (exact) mass is 535 g/mol. The van der Waals surface area contributed by atoms with Crippen LogP contribution in [0.4, 0.5) is 0 Å². The molecule has 0 bridgehead atoms. The maximum absolute atomic E-state index is 13.6. The summed E-state index contributed by atoms with van der Waals surface area (Å²) in [6, 6.07) is 13.0. The molecule has 7 nitrogen and oxygen atoms in total. The van der Waals surface area contributed by atoms with E-state index in [1.807, 2.05) is 36.4 Å². The first kappa shape index (κ1) is 28.7. The van der Waals surface area contributed by atoms with E-state index in [1.54, 1.807) is 13.2 Å². The molecule has 0 radical (unpaired) electrons. The number of ether oxygens (including phenoxy) is 3. The highest BCUT2D eigenvalue weighted by Crippen LogP contribution is 2.52. The van der Waals surface area contributed by atoms with Crippen LogP contribution in [0, 0.1) is 5.92 Å². The molecule has 0 aliphatic carbocycles. The second-order valence-electron chi connectivity index (χ2n) is 11.3. The highest BCUT2D eigenvalue weighted by molar-refractivity contribution is 5.96. The third-order valence-electron chi connectivity index (χ3n) is 7.93. The molecule has 1 N–H and O–H groups in total. The number of aliphatic carboxylic acids is 1. The quantitative estimate of drug-likeness (QED) is 0.364. The van der Waals surface area contributed by atoms with Crippen LogP contribution in [0.25, 0.3) is 0 Å². The molecule has 2 aliphatic rings. The first-order valence-electron chi connectivity index (χ1n) is 13.9. The second-order valence-corrected chi connectivity index (χ2v) is 11.3. The van der Waals surface area contributed by atoms with Gasteiger partial charge in [-0.3, -0.25) is 9.59 Å². The molecule has 4 atom stereocenters. The molecule has 2 aromatic carbocycles. The smallest absolute Gasteiger partial charge is 0.323 e. The minimum absolute atomic E-state index is 0.116. The van der Waals surface area contributed by atoms with Crippen LogP contribution in [-0.2, 0) is 16.0 Å². The normalized spacial score (nSPS) is 23.6. The van der Waals surface area contributed by atoms with Crippen LogP contribution >= 0.6 is 0 Å². The van der Waals surface area contributed by atoms with Crippen LogP contribution in [0.3, 0.4) is 0 Å². The highest BCUT2D eigenvalue weighted by atomic mass is 16.5. The average molecular weight is 536 g/mol. The van der Waals surface area contributed by atoms with Gasteiger partial charge in [0.1, 0.15) is 23.6 Å². The molecular formula is C32H41NO6. The SMILES string of the molecule is COc1cccc(CCN(CC(=O)O)C(=O)c2ccc3c(c2)[C@@H]2O[C@H](C)CC[C@H]2[C@@](C)(CCC=C(C)C)O3)c1. The lowest BCUT2D eigenvalue weighted by Gasteiger charge is -2.50. The molecule has 0 spiro atoms. The molecular weight excluding hydrogens is 494 g/mol. The van der Waals surface area contributed by atoms with Crippen molar-refractivity contribution in [3.05, 3.63) is 70.8 Å². The van der Waals surface area contributed by atoms with Crippen LogP contribution in [0.15, 0.2) is 54.1 Å². The number of carboxylic acids is 1. The van der Waals surface area contributed by atoms with E-state index in [9.17, 15) is 14.7 Å². The van der Waals surface area contributed by atoms with E-state index in [0.717, 1.165) is 48.3 Å². The van der Waals surface area contributed by atoms with E-state index < -0.39 is 5.97 Å². The number of carboxylic acid groups (broad SMARTS) is 1. The maximum Gasteiger partial charge on any atom is 0.323 e. The molecule has 2 aliphatic heterocycles. The van der Waals surface area contributed by atoms with E-state index in [1.165, 1.54) is 10.5 Å². The summed E-state index contributed by atoms with van der Waals surface area (Å²) in [7, 11) is 1.60. The zero-order valence-corrected chi connectivity index (χ0v) is 23.7. The molecule has 0 unspecified atom stereocenters. The summed E-state index contributed by atoms with van der Waals surface area (Å²) in [5.41, 5.74) is 3.20. The molecule has 4 rings (SSSR count). The van der Waals surface area contributed by atoms with Gasteiger partial charge in [0.25, 0.3) is 5.91 Å². The number of nitrogens with zero attached hydrogens (tertiary/aromatic N) is 1. The van der Waals surface area contributed by atoms with E-state index in [-0.39, 0.29) is 42.7 Å². The molecule has 1 amide bonds. The maximum atomic E-state index is 13.6. The Kier molecular flexibility index (Phi) is 9.01. The van der Waals surface area contributed by atoms with Crippen molar-refractivity contribution in [2.45, 2.75) is 77.6 Å². The number of methoxy groups -OCH3 is 1. The number of hydrogen-bond acceptors (Lipinski definition) is 5. The van der Waals surface area contributed by atoms with E-state index in [4.69, 9.17) is 14.2 Å². The van der Waals surface area contributed by atoms with E-state index in [2.05, 4.69) is 33.8 Å². The van der Waals surface area contributed by atoms with Crippen molar-refractivity contribution in [3.8, 4) is 11.5 Å². The first-order valence-corrected chi connectivity index (χ1v) is 13.9. The summed E-state index contributed by atoms with van der Waals surface area (Å²) in [6.45, 7) is 8.38. The largest absolute Gasteiger partial charge is 0.497 e. The zero-order valence-electron chi connectivity index (χ0n) is 23.7. The molecule has 0 aromatic heterocycles. The van der Waals surface area contributed by atoms with Gasteiger partial charge >= 0.3 is 5.97 Å². The van der Waals surface area contributed by atoms with Crippen LogP contribution in [-0.4, -0.2) is 53.8 Å². The van der Waals surface area contributed by atoms with Crippen molar-refractivity contribution >= 4 is 11.9 Å². The summed E-state index contributed by atoms with van der Waals surface area (Å²) >= 11 is 0. The summed E-state index contributed by atoms with van der Waals surface area (Å²) in [4.78, 5) is 26.7. The van der Waals surface area contributed by atoms with Gasteiger partial charge in [-0.25, -0.2) is 0 Å². The summed E-state index contributed by atoms with van der Waals surface area (Å²) in [5, 5.41) is 9.54. The molecule has 2 heterocycles. The van der Waals surface area contributed by atoms with Crippen LogP contribution < -0.4 is 9.47 Å². The third kappa shape index (κ3) is 6.82. The lowest BCUT2D eigenvalue weighted by Crippen LogP contribution is -2.50. The number of allylic oxidation sites excluding steroid dienone is 2. The van der Waals surface area contributed by atoms with Crippen molar-refractivity contribution in [1.82, 2.24) is 4.90 Å². The van der Waals surface area contributed by atoms with Gasteiger partial charge in [-0.05, 0) is 95.7 Å². The fraction of sp³-hybridized carbons (Fsp3) is 0.500. The Morgan fingerprint density at radius 2 is 1.97 bits per heavy atom. The van der Waals surface area contributed by atoms with Gasteiger partial charge in [0.2, 0.25) is 0 Å². The van der Waals surface area contributed by atoms with Crippen molar-refractivity contribution in [1.29, 1.82) is 0 Å². The minimum Gasteiger partial charge on any atom is -0.497 e. The van der Waals surface area contributed by atoms with Gasteiger partial charge < -0.3 is 24.2 Å². The molecule has 39 heavy (non-hydrogen) atoms. The minimum atomic E-state index is -1.05. The predicted molar refractivity (Wildman–Crippen MR) is 150 cm³/mol. The number of carbonyl (C=O) groups excluding carboxylic acids is 1. The molecule has 0 saturated carbocycles. The molecule has 1 fully saturated rings. The number of carbonyl (C=O) groups is 2. The zero-order chi connectivity index (χ0) is 28.2. The first-order chi connectivity index (χ1) is 18.6. The van der Waals surface area contributed by atoms with Gasteiger partial charge in [-0.2, -0.15) is 0 Å². The van der Waals surface area contributed by atoms with Gasteiger partial charge in [-0.15, -0.1) is 0 Å². The summed E-state index contributed by atoms with van der Waals surface area (Å²) in [5.74, 6) is 0.262. The fourth-order valence-electron chi connectivity index (χ4n) is 5.79. The lowest BCUT2D eigenvalue weighted by molar-refractivity contribution is -0.152. The van der Waals surface area contributed by atoms with Crippen molar-refractivity contribution in [3.63, 3.8) is 0 Å². The topological polar surface area (TPSA) is 85.3 Å². The Bertz CT molecular complexity index is 1220. The number of hydrogen-bond donors (Lipinski definition) is 1. The second kappa shape index (κ2) is 12.2. The number of rotatable bonds is 10. The Morgan fingerprint density at radius 3 is 2.69 bits per heavy atom. The van der Waals surface area contributed by atoms with Gasteiger partial charge in [0.15, 0.2) is 0 Å². The Morgan fingerprint density at radius 1 is 1.18 bits per heavy atom. The number of benzene rings is 2. The van der Waals surface area contributed by atoms with Gasteiger partial charge in [0, 0.05) is 23.6 Å². The Labute approximate surface area is 231 Å². The highest BCUT2D eigenvalue weighted by Gasteiger charge is 2.49. The Hall–Kier alpha value is -3.32. The molecule has 210 valence electrons. The van der Waals surface area contributed by atoms with E-state index in [0.29, 0.717) is 12.0 Å². The summed E-state index contributed by atoms with van der Waals surface area (Å²) < 4.78 is 18.4. The van der Waals surface area contributed by atoms with Crippen LogP contribution in [0.5, 0.6) is 11.5 Å². The third-order valence-corrected chi connectivity index (χ3v) is 7.93. The summed E-state index contributed by atoms with van der Waals surface area (Å²) in [6.07, 6.45) is 6.47. The van der Waals surface area contributed by atoms with Crippen molar-refractivity contribution < 1.29 is 28.9 Å². The average Bonchev–Trinajstić information content (AvgIpc) is 2.90. The number of amides is 1. The molecule has 2 aromatic rings. The molecule has 7 heteroatoms. The van der Waals surface area contributed by atoms with Gasteiger partial charge in [-0.1, -0.05) is 23.8 Å².